The zero-order valence-electron chi connectivity index (χ0n) is 16.5. The van der Waals surface area contributed by atoms with Gasteiger partial charge < -0.3 is 5.32 Å². The number of sulfonamides is 1. The smallest absolute Gasteiger partial charge is 0.251 e. The Morgan fingerprint density at radius 2 is 1.71 bits per heavy atom. The van der Waals surface area contributed by atoms with Gasteiger partial charge in [0.1, 0.15) is 0 Å². The number of amides is 1. The number of carbonyl (C=O) groups is 1. The zero-order valence-corrected chi connectivity index (χ0v) is 17.3. The molecule has 0 unspecified atom stereocenters. The summed E-state index contributed by atoms with van der Waals surface area (Å²) in [5.74, 6) is 0.153. The Labute approximate surface area is 167 Å². The Hall–Kier alpha value is -2.18. The fraction of sp³-hybridized carbons (Fsp3) is 0.409. The highest BCUT2D eigenvalue weighted by Gasteiger charge is 2.28. The van der Waals surface area contributed by atoms with E-state index in [4.69, 9.17) is 0 Å². The Morgan fingerprint density at radius 3 is 2.36 bits per heavy atom. The van der Waals surface area contributed by atoms with Gasteiger partial charge in [0.15, 0.2) is 0 Å². The molecule has 0 aromatic heterocycles. The second kappa shape index (κ2) is 8.88. The van der Waals surface area contributed by atoms with Gasteiger partial charge in [-0.3, -0.25) is 4.79 Å². The van der Waals surface area contributed by atoms with Crippen LogP contribution in [0.5, 0.6) is 0 Å². The highest BCUT2D eigenvalue weighted by Crippen LogP contribution is 2.24. The molecule has 0 saturated carbocycles. The summed E-state index contributed by atoms with van der Waals surface area (Å²) in [6.45, 7) is 5.32. The van der Waals surface area contributed by atoms with E-state index in [-0.39, 0.29) is 16.8 Å². The van der Waals surface area contributed by atoms with Crippen LogP contribution < -0.4 is 5.32 Å². The van der Waals surface area contributed by atoms with Gasteiger partial charge >= 0.3 is 0 Å². The minimum atomic E-state index is -3.54. The molecule has 0 bridgehead atoms. The fourth-order valence-electron chi connectivity index (χ4n) is 3.55. The first kappa shape index (κ1) is 20.6. The van der Waals surface area contributed by atoms with Crippen molar-refractivity contribution in [1.82, 2.24) is 9.62 Å². The molecule has 1 amide bonds. The van der Waals surface area contributed by atoms with Crippen LogP contribution in [0.4, 0.5) is 0 Å². The molecule has 2 aromatic rings. The SMILES string of the molecule is CC(C)C[C@H](NC(=O)c1cccc(S(=O)(=O)N2CCCC2)c1)c1ccccc1. The maximum Gasteiger partial charge on any atom is 0.251 e. The van der Waals surface area contributed by atoms with E-state index in [0.717, 1.165) is 24.8 Å². The molecule has 6 heteroatoms. The highest BCUT2D eigenvalue weighted by atomic mass is 32.2. The summed E-state index contributed by atoms with van der Waals surface area (Å²) in [5, 5.41) is 3.08. The van der Waals surface area contributed by atoms with Crippen molar-refractivity contribution in [3.8, 4) is 0 Å². The van der Waals surface area contributed by atoms with Crippen LogP contribution >= 0.6 is 0 Å². The van der Waals surface area contributed by atoms with E-state index < -0.39 is 10.0 Å². The van der Waals surface area contributed by atoms with Crippen LogP contribution in [0.3, 0.4) is 0 Å². The maximum absolute atomic E-state index is 12.9. The molecule has 1 N–H and O–H groups in total. The van der Waals surface area contributed by atoms with Crippen molar-refractivity contribution in [2.24, 2.45) is 5.92 Å². The van der Waals surface area contributed by atoms with E-state index in [1.165, 1.54) is 10.4 Å². The predicted molar refractivity (Wildman–Crippen MR) is 111 cm³/mol. The average molecular weight is 401 g/mol. The molecular formula is C22H28N2O3S. The Balaban J connectivity index is 1.81. The normalized spacial score (nSPS) is 16.2. The lowest BCUT2D eigenvalue weighted by Crippen LogP contribution is -2.30. The Bertz CT molecular complexity index is 904. The summed E-state index contributed by atoms with van der Waals surface area (Å²) in [6, 6.07) is 16.1. The third-order valence-corrected chi connectivity index (χ3v) is 6.91. The molecule has 0 spiro atoms. The number of carbonyl (C=O) groups excluding carboxylic acids is 1. The molecule has 1 saturated heterocycles. The molecule has 0 aliphatic carbocycles. The van der Waals surface area contributed by atoms with E-state index in [9.17, 15) is 13.2 Å². The summed E-state index contributed by atoms with van der Waals surface area (Å²) in [7, 11) is -3.54. The van der Waals surface area contributed by atoms with Crippen LogP contribution in [0, 0.1) is 5.92 Å². The molecule has 1 atom stereocenters. The standard InChI is InChI=1S/C22H28N2O3S/c1-17(2)15-21(18-9-4-3-5-10-18)23-22(25)19-11-8-12-20(16-19)28(26,27)24-13-6-7-14-24/h3-5,8-12,16-17,21H,6-7,13-15H2,1-2H3,(H,23,25)/t21-/m0/s1. The summed E-state index contributed by atoms with van der Waals surface area (Å²) in [4.78, 5) is 13.1. The number of nitrogens with zero attached hydrogens (tertiary/aromatic N) is 1. The predicted octanol–water partition coefficient (Wildman–Crippen LogP) is 3.99. The molecule has 1 fully saturated rings. The van der Waals surface area contributed by atoms with Crippen molar-refractivity contribution in [1.29, 1.82) is 0 Å². The molecule has 150 valence electrons. The van der Waals surface area contributed by atoms with Crippen LogP contribution in [-0.4, -0.2) is 31.7 Å². The lowest BCUT2D eigenvalue weighted by Gasteiger charge is -2.21. The van der Waals surface area contributed by atoms with Gasteiger partial charge in [-0.1, -0.05) is 50.2 Å². The molecule has 1 aliphatic heterocycles. The second-order valence-electron chi connectivity index (χ2n) is 7.71. The van der Waals surface area contributed by atoms with Crippen molar-refractivity contribution in [3.05, 3.63) is 65.7 Å². The van der Waals surface area contributed by atoms with E-state index >= 15 is 0 Å². The first-order valence-electron chi connectivity index (χ1n) is 9.84. The lowest BCUT2D eigenvalue weighted by atomic mass is 9.96. The van der Waals surface area contributed by atoms with Crippen LogP contribution in [0.25, 0.3) is 0 Å². The van der Waals surface area contributed by atoms with Crippen molar-refractivity contribution in [3.63, 3.8) is 0 Å². The molecular weight excluding hydrogens is 372 g/mol. The van der Waals surface area contributed by atoms with Gasteiger partial charge in [-0.2, -0.15) is 4.31 Å². The largest absolute Gasteiger partial charge is 0.345 e. The minimum Gasteiger partial charge on any atom is -0.345 e. The summed E-state index contributed by atoms with van der Waals surface area (Å²) < 4.78 is 27.1. The number of hydrogen-bond donors (Lipinski definition) is 1. The van der Waals surface area contributed by atoms with Crippen molar-refractivity contribution in [2.45, 2.75) is 44.0 Å². The van der Waals surface area contributed by atoms with E-state index in [1.807, 2.05) is 30.3 Å². The van der Waals surface area contributed by atoms with E-state index in [1.54, 1.807) is 18.2 Å². The van der Waals surface area contributed by atoms with Gasteiger partial charge in [-0.25, -0.2) is 8.42 Å². The van der Waals surface area contributed by atoms with Crippen LogP contribution in [0.1, 0.15) is 55.1 Å². The second-order valence-corrected chi connectivity index (χ2v) is 9.64. The molecule has 1 heterocycles. The Morgan fingerprint density at radius 1 is 1.04 bits per heavy atom. The topological polar surface area (TPSA) is 66.5 Å². The number of rotatable bonds is 7. The quantitative estimate of drug-likeness (QED) is 0.764. The molecule has 3 rings (SSSR count). The molecule has 0 radical (unpaired) electrons. The Kier molecular flexibility index (Phi) is 6.52. The van der Waals surface area contributed by atoms with Crippen LogP contribution in [0.2, 0.25) is 0 Å². The lowest BCUT2D eigenvalue weighted by molar-refractivity contribution is 0.0931. The number of hydrogen-bond acceptors (Lipinski definition) is 3. The molecule has 2 aromatic carbocycles. The summed E-state index contributed by atoms with van der Waals surface area (Å²) >= 11 is 0. The van der Waals surface area contributed by atoms with Gasteiger partial charge in [0, 0.05) is 18.7 Å². The van der Waals surface area contributed by atoms with Gasteiger partial charge in [0.25, 0.3) is 5.91 Å². The van der Waals surface area contributed by atoms with Crippen molar-refractivity contribution < 1.29 is 13.2 Å². The first-order chi connectivity index (χ1) is 13.4. The first-order valence-corrected chi connectivity index (χ1v) is 11.3. The van der Waals surface area contributed by atoms with E-state index in [0.29, 0.717) is 24.6 Å². The van der Waals surface area contributed by atoms with Gasteiger partial charge in [-0.05, 0) is 48.9 Å². The zero-order chi connectivity index (χ0) is 20.1. The van der Waals surface area contributed by atoms with Crippen LogP contribution in [-0.2, 0) is 10.0 Å². The molecule has 1 aliphatic rings. The third kappa shape index (κ3) is 4.80. The van der Waals surface area contributed by atoms with Gasteiger partial charge in [0.05, 0.1) is 10.9 Å². The van der Waals surface area contributed by atoms with Gasteiger partial charge in [-0.15, -0.1) is 0 Å². The summed E-state index contributed by atoms with van der Waals surface area (Å²) in [5.41, 5.74) is 1.41. The van der Waals surface area contributed by atoms with Crippen molar-refractivity contribution >= 4 is 15.9 Å². The van der Waals surface area contributed by atoms with E-state index in [2.05, 4.69) is 19.2 Å². The average Bonchev–Trinajstić information content (AvgIpc) is 3.23. The fourth-order valence-corrected chi connectivity index (χ4v) is 5.12. The van der Waals surface area contributed by atoms with Crippen LogP contribution in [0.15, 0.2) is 59.5 Å². The monoisotopic (exact) mass is 400 g/mol. The molecule has 28 heavy (non-hydrogen) atoms. The molecule has 5 nitrogen and oxygen atoms in total. The number of benzene rings is 2. The minimum absolute atomic E-state index is 0.118. The van der Waals surface area contributed by atoms with Crippen molar-refractivity contribution in [2.75, 3.05) is 13.1 Å². The maximum atomic E-state index is 12.9. The number of nitrogens with one attached hydrogen (secondary N) is 1. The summed E-state index contributed by atoms with van der Waals surface area (Å²) in [6.07, 6.45) is 2.57. The third-order valence-electron chi connectivity index (χ3n) is 5.01. The highest BCUT2D eigenvalue weighted by molar-refractivity contribution is 7.89. The van der Waals surface area contributed by atoms with Gasteiger partial charge in [0.2, 0.25) is 10.0 Å².